The van der Waals surface area contributed by atoms with Crippen LogP contribution in [-0.2, 0) is 11.6 Å². The molecule has 0 fully saturated rings. The highest BCUT2D eigenvalue weighted by Gasteiger charge is 2.34. The molecule has 0 heterocycles. The minimum absolute atomic E-state index is 0.316. The summed E-state index contributed by atoms with van der Waals surface area (Å²) in [5, 5.41) is -0.316. The van der Waals surface area contributed by atoms with Crippen LogP contribution in [0.25, 0.3) is 0 Å². The van der Waals surface area contributed by atoms with Gasteiger partial charge >= 0.3 is 6.18 Å². The summed E-state index contributed by atoms with van der Waals surface area (Å²) in [6.45, 7) is 3.35. The first-order chi connectivity index (χ1) is 7.18. The molecule has 0 aliphatic carbocycles. The number of alkyl halides is 3. The van der Waals surface area contributed by atoms with Crippen molar-refractivity contribution < 1.29 is 13.2 Å². The third-order valence-electron chi connectivity index (χ3n) is 2.35. The number of hydrogen-bond acceptors (Lipinski definition) is 0. The molecule has 16 heavy (non-hydrogen) atoms. The maximum Gasteiger partial charge on any atom is 0.417 e. The summed E-state index contributed by atoms with van der Waals surface area (Å²) in [6, 6.07) is 3.73. The molecule has 0 aromatic heterocycles. The van der Waals surface area contributed by atoms with Crippen LogP contribution in [0.2, 0.25) is 5.02 Å². The molecule has 0 amide bonds. The van der Waals surface area contributed by atoms with Gasteiger partial charge in [0, 0.05) is 0 Å². The van der Waals surface area contributed by atoms with E-state index in [1.165, 1.54) is 12.1 Å². The van der Waals surface area contributed by atoms with Crippen LogP contribution in [0.4, 0.5) is 13.2 Å². The third kappa shape index (κ3) is 2.51. The van der Waals surface area contributed by atoms with Crippen molar-refractivity contribution in [2.24, 2.45) is 0 Å². The smallest absolute Gasteiger partial charge is 0.166 e. The van der Waals surface area contributed by atoms with Crippen LogP contribution in [0.5, 0.6) is 0 Å². The summed E-state index contributed by atoms with van der Waals surface area (Å²) >= 11 is 5.50. The lowest BCUT2D eigenvalue weighted by Crippen LogP contribution is -2.16. The molecule has 0 unspecified atom stereocenters. The molecule has 1 aromatic carbocycles. The van der Waals surface area contributed by atoms with Gasteiger partial charge in [0.2, 0.25) is 0 Å². The quantitative estimate of drug-likeness (QED) is 0.649. The van der Waals surface area contributed by atoms with Crippen molar-refractivity contribution in [2.45, 2.75) is 25.4 Å². The number of halogens is 4. The second kappa shape index (κ2) is 4.03. The average molecular weight is 247 g/mol. The van der Waals surface area contributed by atoms with E-state index in [2.05, 4.69) is 5.92 Å². The van der Waals surface area contributed by atoms with Gasteiger partial charge in [-0.05, 0) is 31.5 Å². The first-order valence-corrected chi connectivity index (χ1v) is 4.91. The molecule has 0 aliphatic rings. The average Bonchev–Trinajstić information content (AvgIpc) is 2.16. The predicted molar refractivity (Wildman–Crippen MR) is 58.3 cm³/mol. The molecule has 0 saturated carbocycles. The van der Waals surface area contributed by atoms with Crippen molar-refractivity contribution >= 4 is 11.6 Å². The Bertz CT molecular complexity index is 439. The molecule has 0 saturated heterocycles. The van der Waals surface area contributed by atoms with E-state index in [-0.39, 0.29) is 5.02 Å². The van der Waals surface area contributed by atoms with E-state index in [9.17, 15) is 13.2 Å². The Kier molecular flexibility index (Phi) is 3.25. The van der Waals surface area contributed by atoms with Gasteiger partial charge < -0.3 is 0 Å². The van der Waals surface area contributed by atoms with Crippen LogP contribution in [0, 0.1) is 12.3 Å². The van der Waals surface area contributed by atoms with Crippen LogP contribution in [0.15, 0.2) is 18.2 Å². The minimum atomic E-state index is -4.46. The number of terminal acetylenes is 1. The summed E-state index contributed by atoms with van der Waals surface area (Å²) in [7, 11) is 0. The SMILES string of the molecule is C#CC(C)(C)c1ccc(Cl)c(C(F)(F)F)c1. The fraction of sp³-hybridized carbons (Fsp3) is 0.333. The van der Waals surface area contributed by atoms with E-state index < -0.39 is 17.2 Å². The largest absolute Gasteiger partial charge is 0.417 e. The standard InChI is InChI=1S/C12H10ClF3/c1-4-11(2,3)8-5-6-10(13)9(7-8)12(14,15)16/h1,5-7H,2-3H3. The maximum absolute atomic E-state index is 12.6. The van der Waals surface area contributed by atoms with Crippen LogP contribution >= 0.6 is 11.6 Å². The topological polar surface area (TPSA) is 0 Å². The Morgan fingerprint density at radius 1 is 1.25 bits per heavy atom. The monoisotopic (exact) mass is 246 g/mol. The van der Waals surface area contributed by atoms with Crippen molar-refractivity contribution in [1.29, 1.82) is 0 Å². The highest BCUT2D eigenvalue weighted by Crippen LogP contribution is 2.37. The van der Waals surface area contributed by atoms with Gasteiger partial charge in [-0.2, -0.15) is 13.2 Å². The Morgan fingerprint density at radius 3 is 2.25 bits per heavy atom. The lowest BCUT2D eigenvalue weighted by atomic mass is 9.85. The summed E-state index contributed by atoms with van der Waals surface area (Å²) in [6.07, 6.45) is 0.811. The van der Waals surface area contributed by atoms with Gasteiger partial charge in [-0.15, -0.1) is 6.42 Å². The molecular weight excluding hydrogens is 237 g/mol. The molecule has 0 atom stereocenters. The van der Waals surface area contributed by atoms with Gasteiger partial charge in [0.05, 0.1) is 16.0 Å². The fourth-order valence-corrected chi connectivity index (χ4v) is 1.44. The van der Waals surface area contributed by atoms with Crippen molar-refractivity contribution in [3.63, 3.8) is 0 Å². The molecule has 0 spiro atoms. The van der Waals surface area contributed by atoms with Crippen molar-refractivity contribution in [2.75, 3.05) is 0 Å². The van der Waals surface area contributed by atoms with E-state index in [0.717, 1.165) is 6.07 Å². The van der Waals surface area contributed by atoms with E-state index in [1.54, 1.807) is 13.8 Å². The number of rotatable bonds is 1. The second-order valence-electron chi connectivity index (χ2n) is 3.96. The van der Waals surface area contributed by atoms with Crippen LogP contribution in [0.1, 0.15) is 25.0 Å². The highest BCUT2D eigenvalue weighted by molar-refractivity contribution is 6.31. The normalized spacial score (nSPS) is 12.3. The van der Waals surface area contributed by atoms with E-state index in [4.69, 9.17) is 18.0 Å². The van der Waals surface area contributed by atoms with Gasteiger partial charge in [-0.25, -0.2) is 0 Å². The van der Waals surface area contributed by atoms with Crippen LogP contribution < -0.4 is 0 Å². The van der Waals surface area contributed by atoms with Gasteiger partial charge in [0.25, 0.3) is 0 Å². The Morgan fingerprint density at radius 2 is 1.81 bits per heavy atom. The van der Waals surface area contributed by atoms with Crippen molar-refractivity contribution in [3.05, 3.63) is 34.3 Å². The second-order valence-corrected chi connectivity index (χ2v) is 4.37. The Labute approximate surface area is 97.4 Å². The Hall–Kier alpha value is -1.14. The zero-order valence-electron chi connectivity index (χ0n) is 8.82. The lowest BCUT2D eigenvalue weighted by Gasteiger charge is -2.20. The summed E-state index contributed by atoms with van der Waals surface area (Å²) in [4.78, 5) is 0. The highest BCUT2D eigenvalue weighted by atomic mass is 35.5. The number of benzene rings is 1. The molecule has 1 aromatic rings. The zero-order chi connectivity index (χ0) is 12.6. The third-order valence-corrected chi connectivity index (χ3v) is 2.68. The maximum atomic E-state index is 12.6. The van der Waals surface area contributed by atoms with E-state index in [0.29, 0.717) is 5.56 Å². The summed E-state index contributed by atoms with van der Waals surface area (Å²) in [5.41, 5.74) is -1.17. The van der Waals surface area contributed by atoms with Crippen molar-refractivity contribution in [1.82, 2.24) is 0 Å². The molecule has 0 radical (unpaired) electrons. The lowest BCUT2D eigenvalue weighted by molar-refractivity contribution is -0.137. The first-order valence-electron chi connectivity index (χ1n) is 4.53. The Balaban J connectivity index is 3.36. The first kappa shape index (κ1) is 12.9. The molecule has 0 N–H and O–H groups in total. The molecular formula is C12H10ClF3. The molecule has 4 heteroatoms. The van der Waals surface area contributed by atoms with Crippen LogP contribution in [-0.4, -0.2) is 0 Å². The molecule has 86 valence electrons. The van der Waals surface area contributed by atoms with Gasteiger partial charge in [-0.1, -0.05) is 23.6 Å². The van der Waals surface area contributed by atoms with Crippen LogP contribution in [0.3, 0.4) is 0 Å². The van der Waals surface area contributed by atoms with Gasteiger partial charge in [0.15, 0.2) is 0 Å². The van der Waals surface area contributed by atoms with Crippen molar-refractivity contribution in [3.8, 4) is 12.3 Å². The molecule has 1 rings (SSSR count). The van der Waals surface area contributed by atoms with E-state index >= 15 is 0 Å². The summed E-state index contributed by atoms with van der Waals surface area (Å²) < 4.78 is 37.8. The summed E-state index contributed by atoms with van der Waals surface area (Å²) in [5.74, 6) is 2.45. The van der Waals surface area contributed by atoms with Gasteiger partial charge in [-0.3, -0.25) is 0 Å². The number of hydrogen-bond donors (Lipinski definition) is 0. The predicted octanol–water partition coefficient (Wildman–Crippen LogP) is 4.27. The zero-order valence-corrected chi connectivity index (χ0v) is 9.58. The fourth-order valence-electron chi connectivity index (χ4n) is 1.21. The molecule has 0 bridgehead atoms. The molecule has 0 nitrogen and oxygen atoms in total. The molecule has 0 aliphatic heterocycles. The van der Waals surface area contributed by atoms with E-state index in [1.807, 2.05) is 0 Å². The van der Waals surface area contributed by atoms with Gasteiger partial charge in [0.1, 0.15) is 0 Å². The minimum Gasteiger partial charge on any atom is -0.166 e.